The fraction of sp³-hybridized carbons (Fsp3) is 0.360. The van der Waals surface area contributed by atoms with Gasteiger partial charge >= 0.3 is 5.97 Å². The molecule has 1 aromatic heterocycles. The Balaban J connectivity index is 2.11. The van der Waals surface area contributed by atoms with Crippen molar-refractivity contribution in [1.82, 2.24) is 4.57 Å². The smallest absolute Gasteiger partial charge is 0.339 e. The van der Waals surface area contributed by atoms with Gasteiger partial charge in [-0.25, -0.2) is 9.18 Å². The van der Waals surface area contributed by atoms with Crippen LogP contribution in [0, 0.1) is 5.82 Å². The van der Waals surface area contributed by atoms with Crippen LogP contribution in [0.4, 0.5) is 4.39 Å². The average Bonchev–Trinajstić information content (AvgIpc) is 2.73. The number of aryl methyl sites for hydroxylation is 1. The number of pyridine rings is 1. The standard InChI is InChI=1S/C25H26FNO5/c1-25(2,3)32-22(24(29)30)21-19(15-10-11-18-14(13-15)7-6-12-31-18)16-8-5-9-17(26)20(16)23(28)27(21)4/h5,8-11,13,22H,6-7,12H2,1-4H3,(H,29,30). The van der Waals surface area contributed by atoms with Gasteiger partial charge in [-0.15, -0.1) is 0 Å². The first-order valence-electron chi connectivity index (χ1n) is 10.6. The molecule has 0 radical (unpaired) electrons. The van der Waals surface area contributed by atoms with Crippen LogP contribution in [0.2, 0.25) is 0 Å². The Labute approximate surface area is 185 Å². The molecule has 2 aromatic carbocycles. The number of carboxylic acids is 1. The highest BCUT2D eigenvalue weighted by molar-refractivity contribution is 5.99. The number of hydrogen-bond donors (Lipinski definition) is 1. The lowest BCUT2D eigenvalue weighted by molar-refractivity contribution is -0.161. The molecule has 0 amide bonds. The van der Waals surface area contributed by atoms with Gasteiger partial charge in [0.15, 0.2) is 6.10 Å². The van der Waals surface area contributed by atoms with E-state index in [0.717, 1.165) is 24.2 Å². The molecule has 0 aliphatic carbocycles. The third kappa shape index (κ3) is 3.88. The summed E-state index contributed by atoms with van der Waals surface area (Å²) in [5.74, 6) is -1.10. The van der Waals surface area contributed by atoms with E-state index in [1.807, 2.05) is 18.2 Å². The molecule has 0 spiro atoms. The molecule has 7 heteroatoms. The van der Waals surface area contributed by atoms with Gasteiger partial charge in [-0.3, -0.25) is 4.79 Å². The number of aromatic nitrogens is 1. The van der Waals surface area contributed by atoms with Crippen LogP contribution < -0.4 is 10.3 Å². The minimum Gasteiger partial charge on any atom is -0.493 e. The van der Waals surface area contributed by atoms with E-state index in [4.69, 9.17) is 9.47 Å². The van der Waals surface area contributed by atoms with Crippen molar-refractivity contribution < 1.29 is 23.8 Å². The zero-order valence-electron chi connectivity index (χ0n) is 18.6. The van der Waals surface area contributed by atoms with Gasteiger partial charge in [0, 0.05) is 12.6 Å². The lowest BCUT2D eigenvalue weighted by Gasteiger charge is -2.29. The molecule has 168 valence electrons. The summed E-state index contributed by atoms with van der Waals surface area (Å²) in [6.07, 6.45) is 0.261. The van der Waals surface area contributed by atoms with E-state index < -0.39 is 29.1 Å². The summed E-state index contributed by atoms with van der Waals surface area (Å²) >= 11 is 0. The SMILES string of the molecule is Cn1c(C(OC(C)(C)C)C(=O)O)c(-c2ccc3c(c2)CCCO3)c2cccc(F)c2c1=O. The molecular formula is C25H26FNO5. The van der Waals surface area contributed by atoms with Gasteiger partial charge in [-0.05, 0) is 68.3 Å². The van der Waals surface area contributed by atoms with Crippen molar-refractivity contribution in [2.75, 3.05) is 6.61 Å². The molecule has 0 saturated carbocycles. The summed E-state index contributed by atoms with van der Waals surface area (Å²) in [6, 6.07) is 9.97. The molecule has 4 rings (SSSR count). The predicted molar refractivity (Wildman–Crippen MR) is 120 cm³/mol. The fourth-order valence-corrected chi connectivity index (χ4v) is 4.24. The molecule has 0 saturated heterocycles. The monoisotopic (exact) mass is 439 g/mol. The molecule has 3 aromatic rings. The summed E-state index contributed by atoms with van der Waals surface area (Å²) in [5, 5.41) is 10.3. The highest BCUT2D eigenvalue weighted by Crippen LogP contribution is 2.39. The van der Waals surface area contributed by atoms with E-state index in [1.54, 1.807) is 26.8 Å². The summed E-state index contributed by atoms with van der Waals surface area (Å²) in [6.45, 7) is 5.89. The van der Waals surface area contributed by atoms with Crippen molar-refractivity contribution >= 4 is 16.7 Å². The highest BCUT2D eigenvalue weighted by atomic mass is 19.1. The van der Waals surface area contributed by atoms with Crippen molar-refractivity contribution in [3.63, 3.8) is 0 Å². The number of nitrogens with zero attached hydrogens (tertiary/aromatic N) is 1. The van der Waals surface area contributed by atoms with Crippen molar-refractivity contribution in [1.29, 1.82) is 0 Å². The number of ether oxygens (including phenoxy) is 2. The molecule has 2 heterocycles. The summed E-state index contributed by atoms with van der Waals surface area (Å²) in [4.78, 5) is 25.5. The second kappa shape index (κ2) is 8.06. The van der Waals surface area contributed by atoms with Crippen LogP contribution in [-0.4, -0.2) is 27.9 Å². The molecule has 0 bridgehead atoms. The maximum Gasteiger partial charge on any atom is 0.339 e. The number of aliphatic carboxylic acids is 1. The van der Waals surface area contributed by atoms with Crippen LogP contribution in [0.15, 0.2) is 41.2 Å². The number of benzene rings is 2. The highest BCUT2D eigenvalue weighted by Gasteiger charge is 2.33. The van der Waals surface area contributed by atoms with E-state index in [-0.39, 0.29) is 11.1 Å². The molecule has 1 aliphatic heterocycles. The molecule has 6 nitrogen and oxygen atoms in total. The molecule has 32 heavy (non-hydrogen) atoms. The van der Waals surface area contributed by atoms with Gasteiger partial charge in [0.1, 0.15) is 11.6 Å². The average molecular weight is 439 g/mol. The Morgan fingerprint density at radius 3 is 2.69 bits per heavy atom. The van der Waals surface area contributed by atoms with E-state index in [0.29, 0.717) is 23.1 Å². The zero-order valence-corrected chi connectivity index (χ0v) is 18.6. The number of carboxylic acid groups (broad SMARTS) is 1. The Kier molecular flexibility index (Phi) is 5.54. The number of rotatable bonds is 4. The normalized spacial score (nSPS) is 14.7. The largest absolute Gasteiger partial charge is 0.493 e. The molecule has 1 aliphatic rings. The second-order valence-corrected chi connectivity index (χ2v) is 9.01. The fourth-order valence-electron chi connectivity index (χ4n) is 4.24. The van der Waals surface area contributed by atoms with E-state index >= 15 is 0 Å². The van der Waals surface area contributed by atoms with Gasteiger partial charge in [-0.1, -0.05) is 18.2 Å². The van der Waals surface area contributed by atoms with Crippen LogP contribution in [0.1, 0.15) is 44.6 Å². The number of hydrogen-bond acceptors (Lipinski definition) is 4. The third-order valence-electron chi connectivity index (χ3n) is 5.56. The summed E-state index contributed by atoms with van der Waals surface area (Å²) in [7, 11) is 1.45. The van der Waals surface area contributed by atoms with Crippen LogP contribution >= 0.6 is 0 Å². The molecule has 1 N–H and O–H groups in total. The lowest BCUT2D eigenvalue weighted by atomic mass is 9.92. The third-order valence-corrected chi connectivity index (χ3v) is 5.56. The van der Waals surface area contributed by atoms with Crippen LogP contribution in [0.5, 0.6) is 5.75 Å². The van der Waals surface area contributed by atoms with Crippen LogP contribution in [0.25, 0.3) is 21.9 Å². The quantitative estimate of drug-likeness (QED) is 0.642. The van der Waals surface area contributed by atoms with Crippen LogP contribution in [-0.2, 0) is 23.0 Å². The van der Waals surface area contributed by atoms with Gasteiger partial charge in [0.05, 0.1) is 23.3 Å². The van der Waals surface area contributed by atoms with Gasteiger partial charge in [-0.2, -0.15) is 0 Å². The van der Waals surface area contributed by atoms with Gasteiger partial charge in [0.25, 0.3) is 5.56 Å². The van der Waals surface area contributed by atoms with Gasteiger partial charge < -0.3 is 19.1 Å². The maximum atomic E-state index is 14.8. The minimum absolute atomic E-state index is 0.0809. The zero-order chi connectivity index (χ0) is 23.2. The van der Waals surface area contributed by atoms with E-state index in [2.05, 4.69) is 0 Å². The first kappa shape index (κ1) is 22.0. The van der Waals surface area contributed by atoms with Crippen molar-refractivity contribution in [2.45, 2.75) is 45.3 Å². The van der Waals surface area contributed by atoms with E-state index in [1.165, 1.54) is 23.7 Å². The molecular weight excluding hydrogens is 413 g/mol. The number of carbonyl (C=O) groups is 1. The van der Waals surface area contributed by atoms with Crippen LogP contribution in [0.3, 0.4) is 0 Å². The van der Waals surface area contributed by atoms with E-state index in [9.17, 15) is 19.1 Å². The first-order chi connectivity index (χ1) is 15.1. The van der Waals surface area contributed by atoms with Crippen molar-refractivity contribution in [3.8, 4) is 16.9 Å². The molecule has 1 atom stereocenters. The molecule has 1 unspecified atom stereocenters. The second-order valence-electron chi connectivity index (χ2n) is 9.01. The molecule has 0 fully saturated rings. The Hall–Kier alpha value is -3.19. The number of halogens is 1. The summed E-state index contributed by atoms with van der Waals surface area (Å²) < 4.78 is 27.6. The van der Waals surface area contributed by atoms with Crippen molar-refractivity contribution in [2.24, 2.45) is 7.05 Å². The van der Waals surface area contributed by atoms with Gasteiger partial charge in [0.2, 0.25) is 0 Å². The number of fused-ring (bicyclic) bond motifs is 2. The minimum atomic E-state index is -1.43. The maximum absolute atomic E-state index is 14.8. The Morgan fingerprint density at radius 2 is 2.00 bits per heavy atom. The Bertz CT molecular complexity index is 1270. The summed E-state index contributed by atoms with van der Waals surface area (Å²) in [5.41, 5.74) is 0.901. The predicted octanol–water partition coefficient (Wildman–Crippen LogP) is 4.61. The lowest BCUT2D eigenvalue weighted by Crippen LogP contribution is -2.33. The van der Waals surface area contributed by atoms with Crippen molar-refractivity contribution in [3.05, 3.63) is 63.8 Å². The topological polar surface area (TPSA) is 77.8 Å². The first-order valence-corrected chi connectivity index (χ1v) is 10.6. The Morgan fingerprint density at radius 1 is 1.25 bits per heavy atom.